The number of nitrogens with one attached hydrogen (secondary N) is 1. The first-order valence-electron chi connectivity index (χ1n) is 9.19. The highest BCUT2D eigenvalue weighted by atomic mass is 35.5. The Morgan fingerprint density at radius 2 is 1.77 bits per heavy atom. The first-order chi connectivity index (χ1) is 14.5. The summed E-state index contributed by atoms with van der Waals surface area (Å²) in [5, 5.41) is 2.85. The molecule has 9 heteroatoms. The lowest BCUT2D eigenvalue weighted by molar-refractivity contribution is -0.125. The predicted molar refractivity (Wildman–Crippen MR) is 110 cm³/mol. The lowest BCUT2D eigenvalue weighted by Gasteiger charge is -2.25. The number of benzene rings is 2. The summed E-state index contributed by atoms with van der Waals surface area (Å²) < 4.78 is 20.9. The van der Waals surface area contributed by atoms with Gasteiger partial charge in [0.1, 0.15) is 17.5 Å². The number of carbonyl (C=O) groups excluding carboxylic acids is 2. The largest absolute Gasteiger partial charge is 0.467 e. The number of likely N-dealkylation sites (N-methyl/N-ethyl adjacent to an activating group) is 1. The van der Waals surface area contributed by atoms with Crippen LogP contribution < -0.4 is 14.8 Å². The molecule has 1 heterocycles. The molecule has 2 aromatic carbocycles. The second-order valence-corrected chi connectivity index (χ2v) is 6.94. The molecular weight excluding hydrogens is 412 g/mol. The van der Waals surface area contributed by atoms with Gasteiger partial charge in [0.15, 0.2) is 13.6 Å². The molecule has 1 N–H and O–H groups in total. The van der Waals surface area contributed by atoms with Crippen LogP contribution in [0.1, 0.15) is 27.5 Å². The third-order valence-electron chi connectivity index (χ3n) is 4.69. The van der Waals surface area contributed by atoms with Crippen LogP contribution in [0, 0.1) is 0 Å². The van der Waals surface area contributed by atoms with E-state index in [0.717, 1.165) is 11.1 Å². The van der Waals surface area contributed by atoms with E-state index in [1.807, 2.05) is 24.3 Å². The summed E-state index contributed by atoms with van der Waals surface area (Å²) in [7, 11) is 4.49. The van der Waals surface area contributed by atoms with E-state index in [1.54, 1.807) is 0 Å². The number of rotatable bonds is 8. The third-order valence-corrected chi connectivity index (χ3v) is 4.98. The number of carbonyl (C=O) groups is 2. The second kappa shape index (κ2) is 9.80. The molecule has 0 spiro atoms. The minimum absolute atomic E-state index is 0.0170. The molecule has 2 aromatic rings. The molecule has 160 valence electrons. The Bertz CT molecular complexity index is 936. The SMILES string of the molecule is CNC(=O)C1c2ccccc2CN1C(=O)c1cc(Cl)c(OCOC)cc1OCOC. The Morgan fingerprint density at radius 1 is 1.10 bits per heavy atom. The number of hydrogen-bond donors (Lipinski definition) is 1. The van der Waals surface area contributed by atoms with E-state index < -0.39 is 11.9 Å². The molecule has 3 rings (SSSR count). The van der Waals surface area contributed by atoms with Crippen molar-refractivity contribution in [3.63, 3.8) is 0 Å². The molecule has 30 heavy (non-hydrogen) atoms. The molecule has 0 saturated carbocycles. The maximum Gasteiger partial charge on any atom is 0.258 e. The highest BCUT2D eigenvalue weighted by Gasteiger charge is 2.39. The van der Waals surface area contributed by atoms with Crippen molar-refractivity contribution in [1.29, 1.82) is 0 Å². The van der Waals surface area contributed by atoms with Crippen LogP contribution in [0.2, 0.25) is 5.02 Å². The van der Waals surface area contributed by atoms with E-state index in [4.69, 9.17) is 30.5 Å². The summed E-state index contributed by atoms with van der Waals surface area (Å²) in [5.41, 5.74) is 1.89. The Hall–Kier alpha value is -2.81. The van der Waals surface area contributed by atoms with Gasteiger partial charge in [-0.05, 0) is 17.2 Å². The van der Waals surface area contributed by atoms with Gasteiger partial charge >= 0.3 is 0 Å². The van der Waals surface area contributed by atoms with Crippen LogP contribution in [0.4, 0.5) is 0 Å². The summed E-state index contributed by atoms with van der Waals surface area (Å²) in [5.74, 6) is -0.150. The molecule has 8 nitrogen and oxygen atoms in total. The Morgan fingerprint density at radius 3 is 2.43 bits per heavy atom. The van der Waals surface area contributed by atoms with Crippen molar-refractivity contribution in [2.75, 3.05) is 34.9 Å². The standard InChI is InChI=1S/C21H23ClN2O6/c1-23-20(25)19-14-7-5-4-6-13(14)10-24(19)21(26)15-8-16(22)18(30-12-28-3)9-17(15)29-11-27-2/h4-9,19H,10-12H2,1-3H3,(H,23,25). The minimum atomic E-state index is -0.753. The lowest BCUT2D eigenvalue weighted by atomic mass is 10.0. The van der Waals surface area contributed by atoms with E-state index in [1.165, 1.54) is 38.3 Å². The zero-order valence-corrected chi connectivity index (χ0v) is 17.7. The summed E-state index contributed by atoms with van der Waals surface area (Å²) in [6, 6.07) is 9.68. The van der Waals surface area contributed by atoms with Gasteiger partial charge in [-0.2, -0.15) is 0 Å². The van der Waals surface area contributed by atoms with Gasteiger partial charge in [0.25, 0.3) is 5.91 Å². The Kier molecular flexibility index (Phi) is 7.15. The van der Waals surface area contributed by atoms with Gasteiger partial charge in [-0.3, -0.25) is 9.59 Å². The fraction of sp³-hybridized carbons (Fsp3) is 0.333. The van der Waals surface area contributed by atoms with Gasteiger partial charge in [-0.25, -0.2) is 0 Å². The molecule has 0 radical (unpaired) electrons. The maximum absolute atomic E-state index is 13.5. The van der Waals surface area contributed by atoms with E-state index in [0.29, 0.717) is 5.75 Å². The quantitative estimate of drug-likeness (QED) is 0.643. The molecule has 1 aliphatic rings. The molecular formula is C21H23ClN2O6. The van der Waals surface area contributed by atoms with E-state index in [-0.39, 0.29) is 42.4 Å². The Balaban J connectivity index is 2.00. The summed E-state index contributed by atoms with van der Waals surface area (Å²) >= 11 is 6.32. The molecule has 0 saturated heterocycles. The van der Waals surface area contributed by atoms with Crippen molar-refractivity contribution in [3.8, 4) is 11.5 Å². The number of methoxy groups -OCH3 is 2. The molecule has 1 atom stereocenters. The average Bonchev–Trinajstić information content (AvgIpc) is 3.15. The molecule has 2 amide bonds. The summed E-state index contributed by atoms with van der Waals surface area (Å²) in [6.45, 7) is 0.192. The van der Waals surface area contributed by atoms with Crippen LogP contribution in [-0.2, 0) is 20.8 Å². The van der Waals surface area contributed by atoms with Crippen LogP contribution >= 0.6 is 11.6 Å². The van der Waals surface area contributed by atoms with Crippen LogP contribution in [-0.4, -0.2) is 51.6 Å². The molecule has 0 aliphatic carbocycles. The number of nitrogens with zero attached hydrogens (tertiary/aromatic N) is 1. The number of amides is 2. The first-order valence-corrected chi connectivity index (χ1v) is 9.57. The van der Waals surface area contributed by atoms with Gasteiger partial charge < -0.3 is 29.2 Å². The van der Waals surface area contributed by atoms with Crippen molar-refractivity contribution < 1.29 is 28.5 Å². The monoisotopic (exact) mass is 434 g/mol. The van der Waals surface area contributed by atoms with E-state index >= 15 is 0 Å². The highest BCUT2D eigenvalue weighted by molar-refractivity contribution is 6.32. The van der Waals surface area contributed by atoms with Crippen LogP contribution in [0.25, 0.3) is 0 Å². The molecule has 1 unspecified atom stereocenters. The van der Waals surface area contributed by atoms with E-state index in [2.05, 4.69) is 5.32 Å². The molecule has 0 aromatic heterocycles. The zero-order chi connectivity index (χ0) is 21.7. The summed E-state index contributed by atoms with van der Waals surface area (Å²) in [6.07, 6.45) is 0. The smallest absolute Gasteiger partial charge is 0.258 e. The number of hydrogen-bond acceptors (Lipinski definition) is 6. The third kappa shape index (κ3) is 4.35. The van der Waals surface area contributed by atoms with Crippen molar-refractivity contribution in [2.45, 2.75) is 12.6 Å². The van der Waals surface area contributed by atoms with Gasteiger partial charge in [0, 0.05) is 33.9 Å². The van der Waals surface area contributed by atoms with Gasteiger partial charge in [-0.1, -0.05) is 35.9 Å². The first kappa shape index (κ1) is 21.9. The van der Waals surface area contributed by atoms with Crippen molar-refractivity contribution in [1.82, 2.24) is 10.2 Å². The zero-order valence-electron chi connectivity index (χ0n) is 16.9. The molecule has 0 bridgehead atoms. The average molecular weight is 435 g/mol. The van der Waals surface area contributed by atoms with Crippen molar-refractivity contribution in [2.24, 2.45) is 0 Å². The normalized spacial score (nSPS) is 14.9. The fourth-order valence-corrected chi connectivity index (χ4v) is 3.55. The number of fused-ring (bicyclic) bond motifs is 1. The van der Waals surface area contributed by atoms with Crippen LogP contribution in [0.3, 0.4) is 0 Å². The lowest BCUT2D eigenvalue weighted by Crippen LogP contribution is -2.38. The minimum Gasteiger partial charge on any atom is -0.467 e. The topological polar surface area (TPSA) is 86.3 Å². The molecule has 1 aliphatic heterocycles. The van der Waals surface area contributed by atoms with Gasteiger partial charge in [-0.15, -0.1) is 0 Å². The summed E-state index contributed by atoms with van der Waals surface area (Å²) in [4.78, 5) is 27.6. The maximum atomic E-state index is 13.5. The van der Waals surface area contributed by atoms with Gasteiger partial charge in [0.05, 0.1) is 10.6 Å². The second-order valence-electron chi connectivity index (χ2n) is 6.53. The van der Waals surface area contributed by atoms with Gasteiger partial charge in [0.2, 0.25) is 5.91 Å². The fourth-order valence-electron chi connectivity index (χ4n) is 3.33. The highest BCUT2D eigenvalue weighted by Crippen LogP contribution is 2.39. The van der Waals surface area contributed by atoms with Crippen molar-refractivity contribution in [3.05, 3.63) is 58.1 Å². The van der Waals surface area contributed by atoms with E-state index in [9.17, 15) is 9.59 Å². The molecule has 0 fully saturated rings. The predicted octanol–water partition coefficient (Wildman–Crippen LogP) is 2.75. The van der Waals surface area contributed by atoms with Crippen LogP contribution in [0.15, 0.2) is 36.4 Å². The number of halogens is 1. The Labute approximate surface area is 179 Å². The van der Waals surface area contributed by atoms with Crippen LogP contribution in [0.5, 0.6) is 11.5 Å². The van der Waals surface area contributed by atoms with Crippen molar-refractivity contribution >= 4 is 23.4 Å². The number of ether oxygens (including phenoxy) is 4.